The number of nitrogens with zero attached hydrogens (tertiary/aromatic N) is 1. The molecule has 1 N–H and O–H groups in total. The molecule has 108 valence electrons. The third-order valence-corrected chi connectivity index (χ3v) is 3.23. The van der Waals surface area contributed by atoms with Gasteiger partial charge in [-0.2, -0.15) is 0 Å². The summed E-state index contributed by atoms with van der Waals surface area (Å²) in [4.78, 5) is 2.13. The molecule has 0 saturated carbocycles. The minimum absolute atomic E-state index is 0.190. The number of hydrogen-bond donors (Lipinski definition) is 1. The van der Waals surface area contributed by atoms with Crippen molar-refractivity contribution < 1.29 is 9.13 Å². The maximum Gasteiger partial charge on any atom is 0.123 e. The summed E-state index contributed by atoms with van der Waals surface area (Å²) in [6.07, 6.45) is 1.07. The van der Waals surface area contributed by atoms with Crippen molar-refractivity contribution in [2.75, 3.05) is 32.2 Å². The molecule has 0 amide bonds. The molecule has 0 bridgehead atoms. The lowest BCUT2D eigenvalue weighted by molar-refractivity contribution is 0.183. The van der Waals surface area contributed by atoms with Gasteiger partial charge in [0.2, 0.25) is 0 Å². The van der Waals surface area contributed by atoms with E-state index in [4.69, 9.17) is 4.74 Å². The Labute approximate surface area is 115 Å². The first-order valence-electron chi connectivity index (χ1n) is 6.81. The summed E-state index contributed by atoms with van der Waals surface area (Å²) in [6.45, 7) is 6.48. The van der Waals surface area contributed by atoms with Crippen molar-refractivity contribution in [2.45, 2.75) is 32.9 Å². The summed E-state index contributed by atoms with van der Waals surface area (Å²) in [5, 5.41) is 3.32. The largest absolute Gasteiger partial charge is 0.383 e. The number of rotatable bonds is 8. The molecular formula is C15H25FN2O. The van der Waals surface area contributed by atoms with E-state index in [1.54, 1.807) is 13.2 Å². The van der Waals surface area contributed by atoms with Gasteiger partial charge in [-0.15, -0.1) is 0 Å². The Hall–Kier alpha value is -1.13. The van der Waals surface area contributed by atoms with Crippen molar-refractivity contribution in [3.8, 4) is 0 Å². The molecule has 1 aromatic carbocycles. The van der Waals surface area contributed by atoms with Crippen molar-refractivity contribution in [3.05, 3.63) is 29.6 Å². The molecule has 3 nitrogen and oxygen atoms in total. The summed E-state index contributed by atoms with van der Waals surface area (Å²) >= 11 is 0. The minimum atomic E-state index is -0.190. The summed E-state index contributed by atoms with van der Waals surface area (Å²) in [7, 11) is 3.71. The van der Waals surface area contributed by atoms with Crippen LogP contribution in [-0.4, -0.2) is 33.4 Å². The summed E-state index contributed by atoms with van der Waals surface area (Å²) in [5.41, 5.74) is 2.04. The van der Waals surface area contributed by atoms with Gasteiger partial charge in [0.15, 0.2) is 0 Å². The summed E-state index contributed by atoms with van der Waals surface area (Å²) in [6, 6.07) is 5.20. The lowest BCUT2D eigenvalue weighted by Gasteiger charge is -2.28. The van der Waals surface area contributed by atoms with Crippen LogP contribution in [0.2, 0.25) is 0 Å². The number of benzene rings is 1. The minimum Gasteiger partial charge on any atom is -0.383 e. The molecule has 0 aliphatic carbocycles. The number of halogens is 1. The molecule has 0 fully saturated rings. The lowest BCUT2D eigenvalue weighted by Crippen LogP contribution is -2.33. The Balaban J connectivity index is 2.85. The van der Waals surface area contributed by atoms with Crippen molar-refractivity contribution in [3.63, 3.8) is 0 Å². The number of methoxy groups -OCH3 is 1. The molecule has 1 aromatic rings. The molecule has 1 atom stereocenters. The fraction of sp³-hybridized carbons (Fsp3) is 0.600. The fourth-order valence-corrected chi connectivity index (χ4v) is 2.03. The van der Waals surface area contributed by atoms with Crippen LogP contribution in [0.3, 0.4) is 0 Å². The second kappa shape index (κ2) is 8.12. The van der Waals surface area contributed by atoms with E-state index in [0.717, 1.165) is 24.2 Å². The molecule has 0 aliphatic rings. The van der Waals surface area contributed by atoms with Gasteiger partial charge in [0.1, 0.15) is 5.82 Å². The van der Waals surface area contributed by atoms with E-state index in [9.17, 15) is 4.39 Å². The number of hydrogen-bond acceptors (Lipinski definition) is 3. The van der Waals surface area contributed by atoms with E-state index in [1.165, 1.54) is 6.07 Å². The average Bonchev–Trinajstić information content (AvgIpc) is 2.39. The van der Waals surface area contributed by atoms with Crippen LogP contribution in [0.4, 0.5) is 10.1 Å². The highest BCUT2D eigenvalue weighted by Gasteiger charge is 2.14. The SMILES string of the molecule is CCCNCc1cc(F)ccc1N(C)C(C)COC. The predicted octanol–water partition coefficient (Wildman–Crippen LogP) is 2.80. The normalized spacial score (nSPS) is 12.5. The Morgan fingerprint density at radius 3 is 2.79 bits per heavy atom. The highest BCUT2D eigenvalue weighted by Crippen LogP contribution is 2.22. The van der Waals surface area contributed by atoms with Crippen LogP contribution >= 0.6 is 0 Å². The number of ether oxygens (including phenoxy) is 1. The molecule has 19 heavy (non-hydrogen) atoms. The second-order valence-corrected chi connectivity index (χ2v) is 4.87. The first kappa shape index (κ1) is 15.9. The van der Waals surface area contributed by atoms with Crippen LogP contribution in [0.5, 0.6) is 0 Å². The molecule has 0 spiro atoms. The molecular weight excluding hydrogens is 243 g/mol. The van der Waals surface area contributed by atoms with Gasteiger partial charge in [-0.1, -0.05) is 6.92 Å². The van der Waals surface area contributed by atoms with E-state index in [1.807, 2.05) is 13.1 Å². The van der Waals surface area contributed by atoms with Gasteiger partial charge >= 0.3 is 0 Å². The van der Waals surface area contributed by atoms with Crippen molar-refractivity contribution in [2.24, 2.45) is 0 Å². The second-order valence-electron chi connectivity index (χ2n) is 4.87. The van der Waals surface area contributed by atoms with E-state index < -0.39 is 0 Å². The zero-order valence-corrected chi connectivity index (χ0v) is 12.4. The van der Waals surface area contributed by atoms with E-state index in [-0.39, 0.29) is 11.9 Å². The molecule has 0 aromatic heterocycles. The van der Waals surface area contributed by atoms with Crippen LogP contribution < -0.4 is 10.2 Å². The van der Waals surface area contributed by atoms with E-state index in [0.29, 0.717) is 13.2 Å². The van der Waals surface area contributed by atoms with Crippen molar-refractivity contribution in [1.82, 2.24) is 5.32 Å². The van der Waals surface area contributed by atoms with E-state index in [2.05, 4.69) is 24.1 Å². The number of anilines is 1. The number of likely N-dealkylation sites (N-methyl/N-ethyl adjacent to an activating group) is 1. The molecule has 0 radical (unpaired) electrons. The quantitative estimate of drug-likeness (QED) is 0.734. The summed E-state index contributed by atoms with van der Waals surface area (Å²) in [5.74, 6) is -0.190. The van der Waals surface area contributed by atoms with Gasteiger partial charge in [0, 0.05) is 32.4 Å². The number of nitrogens with one attached hydrogen (secondary N) is 1. The van der Waals surface area contributed by atoms with Crippen LogP contribution in [0.1, 0.15) is 25.8 Å². The molecule has 1 rings (SSSR count). The van der Waals surface area contributed by atoms with Gasteiger partial charge in [0.05, 0.1) is 6.61 Å². The van der Waals surface area contributed by atoms with Crippen LogP contribution in [-0.2, 0) is 11.3 Å². The Morgan fingerprint density at radius 1 is 1.42 bits per heavy atom. The predicted molar refractivity (Wildman–Crippen MR) is 78.1 cm³/mol. The zero-order valence-electron chi connectivity index (χ0n) is 12.4. The van der Waals surface area contributed by atoms with Gasteiger partial charge in [0.25, 0.3) is 0 Å². The van der Waals surface area contributed by atoms with Crippen LogP contribution in [0, 0.1) is 5.82 Å². The van der Waals surface area contributed by atoms with Crippen molar-refractivity contribution in [1.29, 1.82) is 0 Å². The first-order chi connectivity index (χ1) is 9.10. The maximum absolute atomic E-state index is 13.4. The highest BCUT2D eigenvalue weighted by molar-refractivity contribution is 5.54. The topological polar surface area (TPSA) is 24.5 Å². The van der Waals surface area contributed by atoms with Gasteiger partial charge in [-0.3, -0.25) is 0 Å². The van der Waals surface area contributed by atoms with Crippen molar-refractivity contribution >= 4 is 5.69 Å². The average molecular weight is 268 g/mol. The lowest BCUT2D eigenvalue weighted by atomic mass is 10.1. The van der Waals surface area contributed by atoms with Crippen LogP contribution in [0.15, 0.2) is 18.2 Å². The van der Waals surface area contributed by atoms with Gasteiger partial charge < -0.3 is 15.0 Å². The van der Waals surface area contributed by atoms with Gasteiger partial charge in [-0.05, 0) is 43.7 Å². The fourth-order valence-electron chi connectivity index (χ4n) is 2.03. The van der Waals surface area contributed by atoms with Gasteiger partial charge in [-0.25, -0.2) is 4.39 Å². The Kier molecular flexibility index (Phi) is 6.81. The molecule has 1 unspecified atom stereocenters. The maximum atomic E-state index is 13.4. The molecule has 0 saturated heterocycles. The standard InChI is InChI=1S/C15H25FN2O/c1-5-8-17-10-13-9-14(16)6-7-15(13)18(3)12(2)11-19-4/h6-7,9,12,17H,5,8,10-11H2,1-4H3. The van der Waals surface area contributed by atoms with Crippen LogP contribution in [0.25, 0.3) is 0 Å². The van der Waals surface area contributed by atoms with E-state index >= 15 is 0 Å². The monoisotopic (exact) mass is 268 g/mol. The third kappa shape index (κ3) is 4.80. The zero-order chi connectivity index (χ0) is 14.3. The first-order valence-corrected chi connectivity index (χ1v) is 6.81. The molecule has 0 aliphatic heterocycles. The smallest absolute Gasteiger partial charge is 0.123 e. The highest BCUT2D eigenvalue weighted by atomic mass is 19.1. The molecule has 0 heterocycles. The third-order valence-electron chi connectivity index (χ3n) is 3.23. The summed E-state index contributed by atoms with van der Waals surface area (Å²) < 4.78 is 18.6. The Bertz CT molecular complexity index is 384. The Morgan fingerprint density at radius 2 is 2.16 bits per heavy atom. The molecule has 4 heteroatoms.